The molecule has 116 valence electrons. The number of hydrogen-bond donors (Lipinski definition) is 1. The molecule has 0 amide bonds. The van der Waals surface area contributed by atoms with Crippen LogP contribution >= 0.6 is 23.2 Å². The third kappa shape index (κ3) is 4.43. The van der Waals surface area contributed by atoms with E-state index in [4.69, 9.17) is 27.9 Å². The van der Waals surface area contributed by atoms with Crippen LogP contribution in [0.2, 0.25) is 10.0 Å². The van der Waals surface area contributed by atoms with Crippen molar-refractivity contribution in [3.05, 3.63) is 70.2 Å². The first-order chi connectivity index (χ1) is 10.6. The van der Waals surface area contributed by atoms with Gasteiger partial charge < -0.3 is 10.1 Å². The van der Waals surface area contributed by atoms with Gasteiger partial charge in [0, 0.05) is 12.2 Å². The van der Waals surface area contributed by atoms with Gasteiger partial charge in [0.2, 0.25) is 0 Å². The fourth-order valence-corrected chi connectivity index (χ4v) is 2.70. The zero-order valence-electron chi connectivity index (χ0n) is 12.5. The average molecular weight is 336 g/mol. The van der Waals surface area contributed by atoms with Crippen molar-refractivity contribution in [1.82, 2.24) is 0 Å². The summed E-state index contributed by atoms with van der Waals surface area (Å²) in [5.74, 6) is 0.499. The molecule has 0 unspecified atom stereocenters. The van der Waals surface area contributed by atoms with Gasteiger partial charge in [-0.25, -0.2) is 0 Å². The number of benzene rings is 2. The van der Waals surface area contributed by atoms with Gasteiger partial charge in [0.15, 0.2) is 5.75 Å². The second-order valence-electron chi connectivity index (χ2n) is 4.89. The molecule has 0 aromatic heterocycles. The number of aryl methyl sites for hydroxylation is 1. The van der Waals surface area contributed by atoms with Crippen molar-refractivity contribution in [2.45, 2.75) is 19.9 Å². The van der Waals surface area contributed by atoms with Crippen LogP contribution in [0.4, 0.5) is 5.69 Å². The smallest absolute Gasteiger partial charge is 0.156 e. The van der Waals surface area contributed by atoms with E-state index in [0.29, 0.717) is 28.9 Å². The zero-order chi connectivity index (χ0) is 15.9. The number of hydrogen-bond acceptors (Lipinski definition) is 2. The topological polar surface area (TPSA) is 21.3 Å². The quantitative estimate of drug-likeness (QED) is 0.652. The normalized spacial score (nSPS) is 10.3. The molecule has 2 aromatic rings. The number of nitrogens with one attached hydrogen (secondary N) is 1. The second-order valence-corrected chi connectivity index (χ2v) is 5.71. The molecule has 0 saturated heterocycles. The van der Waals surface area contributed by atoms with Crippen LogP contribution in [0.5, 0.6) is 5.75 Å². The molecule has 0 aliphatic carbocycles. The Morgan fingerprint density at radius 2 is 1.73 bits per heavy atom. The lowest BCUT2D eigenvalue weighted by molar-refractivity contribution is 0.363. The number of anilines is 1. The maximum absolute atomic E-state index is 6.22. The number of ether oxygens (including phenoxy) is 1. The van der Waals surface area contributed by atoms with E-state index in [1.54, 1.807) is 6.08 Å². The Morgan fingerprint density at radius 1 is 1.09 bits per heavy atom. The van der Waals surface area contributed by atoms with Gasteiger partial charge in [-0.2, -0.15) is 0 Å². The van der Waals surface area contributed by atoms with Gasteiger partial charge in [0.05, 0.1) is 10.0 Å². The van der Waals surface area contributed by atoms with Gasteiger partial charge in [-0.15, -0.1) is 0 Å². The maximum Gasteiger partial charge on any atom is 0.156 e. The van der Waals surface area contributed by atoms with Crippen LogP contribution in [-0.4, -0.2) is 6.61 Å². The second kappa shape index (κ2) is 8.11. The van der Waals surface area contributed by atoms with E-state index in [-0.39, 0.29) is 0 Å². The zero-order valence-corrected chi connectivity index (χ0v) is 14.0. The molecule has 2 aromatic carbocycles. The highest BCUT2D eigenvalue weighted by Crippen LogP contribution is 2.34. The molecule has 2 rings (SSSR count). The maximum atomic E-state index is 6.22. The van der Waals surface area contributed by atoms with Crippen LogP contribution in [0, 0.1) is 0 Å². The van der Waals surface area contributed by atoms with Crippen molar-refractivity contribution in [1.29, 1.82) is 0 Å². The van der Waals surface area contributed by atoms with Crippen molar-refractivity contribution in [2.75, 3.05) is 11.9 Å². The lowest BCUT2D eigenvalue weighted by Crippen LogP contribution is -2.01. The predicted octanol–water partition coefficient (Wildman–Crippen LogP) is 5.73. The van der Waals surface area contributed by atoms with Crippen molar-refractivity contribution in [3.8, 4) is 5.75 Å². The van der Waals surface area contributed by atoms with E-state index < -0.39 is 0 Å². The molecule has 0 saturated carbocycles. The SMILES string of the molecule is C=CCOc1c(Cl)cc(CNc2ccc(CC)cc2)cc1Cl. The largest absolute Gasteiger partial charge is 0.486 e. The van der Waals surface area contributed by atoms with E-state index in [9.17, 15) is 0 Å². The Bertz CT molecular complexity index is 615. The van der Waals surface area contributed by atoms with Crippen molar-refractivity contribution in [2.24, 2.45) is 0 Å². The van der Waals surface area contributed by atoms with E-state index in [1.807, 2.05) is 12.1 Å². The summed E-state index contributed by atoms with van der Waals surface area (Å²) in [5, 5.41) is 4.37. The molecule has 0 heterocycles. The third-order valence-electron chi connectivity index (χ3n) is 3.26. The van der Waals surface area contributed by atoms with Gasteiger partial charge in [-0.05, 0) is 41.8 Å². The minimum atomic E-state index is 0.376. The van der Waals surface area contributed by atoms with Gasteiger partial charge in [0.25, 0.3) is 0 Å². The van der Waals surface area contributed by atoms with Crippen LogP contribution in [0.25, 0.3) is 0 Å². The lowest BCUT2D eigenvalue weighted by atomic mass is 10.1. The number of halogens is 2. The predicted molar refractivity (Wildman–Crippen MR) is 95.3 cm³/mol. The molecule has 0 aliphatic heterocycles. The summed E-state index contributed by atoms with van der Waals surface area (Å²) in [4.78, 5) is 0. The molecule has 0 fully saturated rings. The van der Waals surface area contributed by atoms with Gasteiger partial charge in [-0.1, -0.05) is 54.9 Å². The van der Waals surface area contributed by atoms with E-state index in [2.05, 4.69) is 43.1 Å². The standard InChI is InChI=1S/C18H19Cl2NO/c1-3-9-22-18-16(19)10-14(11-17(18)20)12-21-15-7-5-13(4-2)6-8-15/h3,5-8,10-11,21H,1,4,9,12H2,2H3. The number of rotatable bonds is 7. The van der Waals surface area contributed by atoms with Crippen LogP contribution in [0.1, 0.15) is 18.1 Å². The summed E-state index contributed by atoms with van der Waals surface area (Å²) in [7, 11) is 0. The summed E-state index contributed by atoms with van der Waals surface area (Å²) in [6.45, 7) is 6.77. The minimum absolute atomic E-state index is 0.376. The van der Waals surface area contributed by atoms with E-state index >= 15 is 0 Å². The van der Waals surface area contributed by atoms with E-state index in [1.165, 1.54) is 5.56 Å². The summed E-state index contributed by atoms with van der Waals surface area (Å²) >= 11 is 12.4. The summed E-state index contributed by atoms with van der Waals surface area (Å²) < 4.78 is 5.46. The van der Waals surface area contributed by atoms with Gasteiger partial charge in [-0.3, -0.25) is 0 Å². The Labute approximate surface area is 141 Å². The highest BCUT2D eigenvalue weighted by molar-refractivity contribution is 6.37. The van der Waals surface area contributed by atoms with Gasteiger partial charge >= 0.3 is 0 Å². The molecule has 1 N–H and O–H groups in total. The van der Waals surface area contributed by atoms with Crippen molar-refractivity contribution >= 4 is 28.9 Å². The molecular weight excluding hydrogens is 317 g/mol. The highest BCUT2D eigenvalue weighted by atomic mass is 35.5. The molecule has 2 nitrogen and oxygen atoms in total. The molecule has 22 heavy (non-hydrogen) atoms. The fraction of sp³-hybridized carbons (Fsp3) is 0.222. The Balaban J connectivity index is 2.04. The first-order valence-corrected chi connectivity index (χ1v) is 7.94. The Kier molecular flexibility index (Phi) is 6.17. The van der Waals surface area contributed by atoms with E-state index in [0.717, 1.165) is 17.7 Å². The highest BCUT2D eigenvalue weighted by Gasteiger charge is 2.09. The van der Waals surface area contributed by atoms with Crippen LogP contribution in [-0.2, 0) is 13.0 Å². The molecule has 0 bridgehead atoms. The summed E-state index contributed by atoms with van der Waals surface area (Å²) in [6, 6.07) is 12.1. The molecule has 4 heteroatoms. The molecule has 0 spiro atoms. The molecule has 0 aliphatic rings. The third-order valence-corrected chi connectivity index (χ3v) is 3.82. The lowest BCUT2D eigenvalue weighted by Gasteiger charge is -2.12. The van der Waals surface area contributed by atoms with Crippen molar-refractivity contribution in [3.63, 3.8) is 0 Å². The molecule has 0 radical (unpaired) electrons. The first kappa shape index (κ1) is 16.7. The van der Waals surface area contributed by atoms with Crippen LogP contribution in [0.3, 0.4) is 0 Å². The fourth-order valence-electron chi connectivity index (χ4n) is 2.06. The summed E-state index contributed by atoms with van der Waals surface area (Å²) in [5.41, 5.74) is 3.39. The molecule has 0 atom stereocenters. The monoisotopic (exact) mass is 335 g/mol. The van der Waals surface area contributed by atoms with Crippen LogP contribution < -0.4 is 10.1 Å². The molecular formula is C18H19Cl2NO. The first-order valence-electron chi connectivity index (χ1n) is 7.18. The Morgan fingerprint density at radius 3 is 2.27 bits per heavy atom. The minimum Gasteiger partial charge on any atom is -0.486 e. The van der Waals surface area contributed by atoms with Crippen molar-refractivity contribution < 1.29 is 4.74 Å². The van der Waals surface area contributed by atoms with Crippen LogP contribution in [0.15, 0.2) is 49.1 Å². The van der Waals surface area contributed by atoms with Gasteiger partial charge in [0.1, 0.15) is 6.61 Å². The summed E-state index contributed by atoms with van der Waals surface area (Å²) in [6.07, 6.45) is 2.69. The Hall–Kier alpha value is -1.64. The average Bonchev–Trinajstić information content (AvgIpc) is 2.52.